The van der Waals surface area contributed by atoms with Crippen LogP contribution >= 0.6 is 59.4 Å². The minimum atomic E-state index is 0.715. The number of H-pyrrole nitrogens is 1. The number of rotatable bonds is 3. The number of hydrogen-bond donors (Lipinski definition) is 1. The zero-order valence-corrected chi connectivity index (χ0v) is 17.6. The van der Waals surface area contributed by atoms with Crippen LogP contribution in [0.15, 0.2) is 49.8 Å². The minimum absolute atomic E-state index is 0.715. The summed E-state index contributed by atoms with van der Waals surface area (Å²) in [5.41, 5.74) is 4.22. The van der Waals surface area contributed by atoms with E-state index in [0.29, 0.717) is 6.42 Å². The van der Waals surface area contributed by atoms with Gasteiger partial charge in [0, 0.05) is 36.1 Å². The lowest BCUT2D eigenvalue weighted by molar-refractivity contribution is 1.01. The number of aromatic amines is 1. The summed E-state index contributed by atoms with van der Waals surface area (Å²) in [6.45, 7) is 2.03. The Hall–Kier alpha value is -0.620. The van der Waals surface area contributed by atoms with E-state index in [1.165, 1.54) is 0 Å². The Labute approximate surface area is 165 Å². The molecule has 118 valence electrons. The van der Waals surface area contributed by atoms with E-state index in [4.69, 9.17) is 16.6 Å². The monoisotopic (exact) mass is 516 g/mol. The smallest absolute Gasteiger partial charge is 0.111 e. The summed E-state index contributed by atoms with van der Waals surface area (Å²) in [5.74, 6) is 0.929. The third kappa shape index (κ3) is 3.90. The second-order valence-corrected chi connectivity index (χ2v) is 8.20. The van der Waals surface area contributed by atoms with Crippen molar-refractivity contribution in [1.82, 2.24) is 9.97 Å². The van der Waals surface area contributed by atoms with Crippen LogP contribution in [-0.4, -0.2) is 9.97 Å². The maximum Gasteiger partial charge on any atom is 0.111 e. The van der Waals surface area contributed by atoms with Crippen LogP contribution < -0.4 is 0 Å². The van der Waals surface area contributed by atoms with Crippen LogP contribution in [-0.2, 0) is 6.42 Å². The van der Waals surface area contributed by atoms with Crippen molar-refractivity contribution in [2.24, 2.45) is 0 Å². The molecule has 0 aliphatic heterocycles. The number of imidazole rings is 1. The summed E-state index contributed by atoms with van der Waals surface area (Å²) < 4.78 is 3.09. The van der Waals surface area contributed by atoms with Gasteiger partial charge in [0.2, 0.25) is 0 Å². The normalized spacial score (nSPS) is 11.0. The molecule has 0 atom stereocenters. The summed E-state index contributed by atoms with van der Waals surface area (Å²) in [5, 5.41) is 0.727. The standard InChI is InChI=1S/C17H12Br3ClN2/c1-9-17(10-2-4-13(21)5-3-10)23-15(22-9)7-11-6-12(18)8-14(19)16(11)20/h2-6,8H,7H2,1H3,(H,22,23). The zero-order valence-electron chi connectivity index (χ0n) is 12.1. The molecule has 0 aliphatic carbocycles. The molecule has 0 fully saturated rings. The predicted octanol–water partition coefficient (Wildman–Crippen LogP) is 6.92. The van der Waals surface area contributed by atoms with Crippen LogP contribution in [0.3, 0.4) is 0 Å². The maximum atomic E-state index is 5.96. The highest BCUT2D eigenvalue weighted by atomic mass is 79.9. The quantitative estimate of drug-likeness (QED) is 0.374. The first kappa shape index (κ1) is 17.2. The molecule has 0 radical (unpaired) electrons. The highest BCUT2D eigenvalue weighted by Gasteiger charge is 2.12. The van der Waals surface area contributed by atoms with Crippen molar-refractivity contribution in [3.8, 4) is 11.3 Å². The fourth-order valence-electron chi connectivity index (χ4n) is 2.41. The number of nitrogens with one attached hydrogen (secondary N) is 1. The van der Waals surface area contributed by atoms with E-state index in [1.807, 2.05) is 37.3 Å². The van der Waals surface area contributed by atoms with Crippen LogP contribution in [0.5, 0.6) is 0 Å². The lowest BCUT2D eigenvalue weighted by atomic mass is 10.1. The molecule has 1 N–H and O–H groups in total. The Morgan fingerprint density at radius 1 is 1.09 bits per heavy atom. The summed E-state index contributed by atoms with van der Waals surface area (Å²) in [6.07, 6.45) is 0.715. The highest BCUT2D eigenvalue weighted by molar-refractivity contribution is 9.13. The van der Waals surface area contributed by atoms with Gasteiger partial charge in [-0.05, 0) is 68.6 Å². The number of aryl methyl sites for hydroxylation is 1. The van der Waals surface area contributed by atoms with E-state index in [-0.39, 0.29) is 0 Å². The molecule has 0 saturated carbocycles. The molecular weight excluding hydrogens is 507 g/mol. The second-order valence-electron chi connectivity index (χ2n) is 5.20. The van der Waals surface area contributed by atoms with E-state index < -0.39 is 0 Å². The average molecular weight is 519 g/mol. The van der Waals surface area contributed by atoms with E-state index in [9.17, 15) is 0 Å². The number of benzene rings is 2. The van der Waals surface area contributed by atoms with Crippen molar-refractivity contribution in [2.75, 3.05) is 0 Å². The predicted molar refractivity (Wildman–Crippen MR) is 106 cm³/mol. The van der Waals surface area contributed by atoms with Crippen molar-refractivity contribution >= 4 is 59.4 Å². The van der Waals surface area contributed by atoms with Gasteiger partial charge in [-0.3, -0.25) is 0 Å². The van der Waals surface area contributed by atoms with Crippen LogP contribution in [0.25, 0.3) is 11.3 Å². The van der Waals surface area contributed by atoms with Gasteiger partial charge in [-0.15, -0.1) is 0 Å². The molecule has 2 aromatic carbocycles. The molecule has 3 rings (SSSR count). The van der Waals surface area contributed by atoms with Gasteiger partial charge in [0.05, 0.1) is 5.69 Å². The summed E-state index contributed by atoms with van der Waals surface area (Å²) in [4.78, 5) is 8.13. The first-order chi connectivity index (χ1) is 10.9. The summed E-state index contributed by atoms with van der Waals surface area (Å²) in [6, 6.07) is 11.8. The van der Waals surface area contributed by atoms with Crippen molar-refractivity contribution in [3.63, 3.8) is 0 Å². The fourth-order valence-corrected chi connectivity index (χ4v) is 4.22. The van der Waals surface area contributed by atoms with E-state index in [0.717, 1.165) is 46.8 Å². The number of aromatic nitrogens is 2. The van der Waals surface area contributed by atoms with Crippen molar-refractivity contribution < 1.29 is 0 Å². The van der Waals surface area contributed by atoms with E-state index in [1.54, 1.807) is 0 Å². The van der Waals surface area contributed by atoms with Crippen LogP contribution in [0, 0.1) is 6.92 Å². The highest BCUT2D eigenvalue weighted by Crippen LogP contribution is 2.32. The van der Waals surface area contributed by atoms with Crippen LogP contribution in [0.2, 0.25) is 5.02 Å². The molecule has 0 saturated heterocycles. The molecule has 2 nitrogen and oxygen atoms in total. The molecule has 23 heavy (non-hydrogen) atoms. The summed E-state index contributed by atoms with van der Waals surface area (Å²) >= 11 is 16.7. The average Bonchev–Trinajstić information content (AvgIpc) is 2.86. The van der Waals surface area contributed by atoms with E-state index >= 15 is 0 Å². The molecule has 0 amide bonds. The van der Waals surface area contributed by atoms with Crippen molar-refractivity contribution in [1.29, 1.82) is 0 Å². The van der Waals surface area contributed by atoms with Gasteiger partial charge in [-0.25, -0.2) is 4.98 Å². The topological polar surface area (TPSA) is 28.7 Å². The molecule has 1 heterocycles. The second kappa shape index (κ2) is 7.09. The first-order valence-corrected chi connectivity index (χ1v) is 9.64. The largest absolute Gasteiger partial charge is 0.345 e. The Morgan fingerprint density at radius 3 is 2.48 bits per heavy atom. The van der Waals surface area contributed by atoms with Gasteiger partial charge in [0.25, 0.3) is 0 Å². The van der Waals surface area contributed by atoms with Gasteiger partial charge in [0.1, 0.15) is 5.82 Å². The Morgan fingerprint density at radius 2 is 1.78 bits per heavy atom. The first-order valence-electron chi connectivity index (χ1n) is 6.89. The van der Waals surface area contributed by atoms with Gasteiger partial charge in [0.15, 0.2) is 0 Å². The lowest BCUT2D eigenvalue weighted by Gasteiger charge is -2.06. The third-order valence-electron chi connectivity index (χ3n) is 3.48. The molecule has 0 bridgehead atoms. The molecule has 0 aliphatic rings. The molecule has 3 aromatic rings. The zero-order chi connectivity index (χ0) is 16.6. The molecule has 6 heteroatoms. The van der Waals surface area contributed by atoms with Crippen LogP contribution in [0.1, 0.15) is 17.1 Å². The fraction of sp³-hybridized carbons (Fsp3) is 0.118. The van der Waals surface area contributed by atoms with E-state index in [2.05, 4.69) is 58.8 Å². The van der Waals surface area contributed by atoms with Gasteiger partial charge in [-0.2, -0.15) is 0 Å². The molecule has 1 aromatic heterocycles. The number of nitrogens with zero attached hydrogens (tertiary/aromatic N) is 1. The minimum Gasteiger partial charge on any atom is -0.345 e. The van der Waals surface area contributed by atoms with Crippen LogP contribution in [0.4, 0.5) is 0 Å². The number of hydrogen-bond acceptors (Lipinski definition) is 1. The van der Waals surface area contributed by atoms with Crippen molar-refractivity contribution in [3.05, 3.63) is 71.9 Å². The summed E-state index contributed by atoms with van der Waals surface area (Å²) in [7, 11) is 0. The molecule has 0 spiro atoms. The lowest BCUT2D eigenvalue weighted by Crippen LogP contribution is -1.93. The van der Waals surface area contributed by atoms with Gasteiger partial charge < -0.3 is 4.98 Å². The number of halogens is 4. The third-order valence-corrected chi connectivity index (χ3v) is 6.28. The van der Waals surface area contributed by atoms with Gasteiger partial charge >= 0.3 is 0 Å². The SMILES string of the molecule is Cc1[nH]c(Cc2cc(Br)cc(Br)c2Br)nc1-c1ccc(Cl)cc1. The Kier molecular flexibility index (Phi) is 5.31. The Balaban J connectivity index is 1.94. The maximum absolute atomic E-state index is 5.96. The molecular formula is C17H12Br3ClN2. The van der Waals surface area contributed by atoms with Gasteiger partial charge in [-0.1, -0.05) is 39.7 Å². The Bertz CT molecular complexity index is 857. The van der Waals surface area contributed by atoms with Crippen molar-refractivity contribution in [2.45, 2.75) is 13.3 Å². The molecule has 0 unspecified atom stereocenters.